The van der Waals surface area contributed by atoms with Gasteiger partial charge in [0.15, 0.2) is 0 Å². The highest BCUT2D eigenvalue weighted by Gasteiger charge is 2.41. The fraction of sp³-hybridized carbons (Fsp3) is 0.421. The van der Waals surface area contributed by atoms with Gasteiger partial charge in [0, 0.05) is 18.9 Å². The first-order valence-electron chi connectivity index (χ1n) is 8.65. The predicted molar refractivity (Wildman–Crippen MR) is 96.8 cm³/mol. The van der Waals surface area contributed by atoms with E-state index in [2.05, 4.69) is 45.1 Å². The Morgan fingerprint density at radius 3 is 2.28 bits per heavy atom. The molecule has 0 radical (unpaired) electrons. The number of aromatic nitrogens is 2. The summed E-state index contributed by atoms with van der Waals surface area (Å²) in [5.74, 6) is 0.373. The lowest BCUT2D eigenvalue weighted by molar-refractivity contribution is -0.122. The number of hydrogen-bond donors (Lipinski definition) is 3. The van der Waals surface area contributed by atoms with Gasteiger partial charge >= 0.3 is 0 Å². The molecular formula is C19H24N4O2. The molecule has 1 aromatic rings. The summed E-state index contributed by atoms with van der Waals surface area (Å²) in [7, 11) is 0. The number of anilines is 1. The molecule has 6 heteroatoms. The zero-order valence-corrected chi connectivity index (χ0v) is 14.8. The Morgan fingerprint density at radius 2 is 1.88 bits per heavy atom. The van der Waals surface area contributed by atoms with Crippen LogP contribution in [0, 0.1) is 5.92 Å². The third-order valence-corrected chi connectivity index (χ3v) is 4.59. The van der Waals surface area contributed by atoms with Gasteiger partial charge in [-0.25, -0.2) is 0 Å². The van der Waals surface area contributed by atoms with Crippen LogP contribution in [-0.2, 0) is 15.1 Å². The predicted octanol–water partition coefficient (Wildman–Crippen LogP) is 3.19. The molecule has 132 valence electrons. The highest BCUT2D eigenvalue weighted by Crippen LogP contribution is 2.40. The van der Waals surface area contributed by atoms with Gasteiger partial charge in [-0.1, -0.05) is 32.0 Å². The van der Waals surface area contributed by atoms with Crippen molar-refractivity contribution in [2.24, 2.45) is 5.92 Å². The van der Waals surface area contributed by atoms with Crippen molar-refractivity contribution in [1.29, 1.82) is 0 Å². The summed E-state index contributed by atoms with van der Waals surface area (Å²) in [6.07, 6.45) is 2.84. The van der Waals surface area contributed by atoms with Crippen molar-refractivity contribution in [3.8, 4) is 11.1 Å². The van der Waals surface area contributed by atoms with Gasteiger partial charge in [0.25, 0.3) is 0 Å². The number of H-pyrrole nitrogens is 1. The third kappa shape index (κ3) is 3.90. The van der Waals surface area contributed by atoms with E-state index in [1.165, 1.54) is 18.1 Å². The summed E-state index contributed by atoms with van der Waals surface area (Å²) in [6, 6.07) is 10.3. The molecule has 1 saturated carbocycles. The lowest BCUT2D eigenvalue weighted by Gasteiger charge is -2.40. The average molecular weight is 340 g/mol. The number of nitrogens with one attached hydrogen (secondary N) is 3. The second kappa shape index (κ2) is 6.70. The molecule has 1 aromatic heterocycles. The van der Waals surface area contributed by atoms with Gasteiger partial charge in [-0.05, 0) is 36.5 Å². The van der Waals surface area contributed by atoms with Crippen LogP contribution in [0.25, 0.3) is 11.1 Å². The molecule has 0 aliphatic heterocycles. The third-order valence-electron chi connectivity index (χ3n) is 4.59. The van der Waals surface area contributed by atoms with Gasteiger partial charge in [0.05, 0.1) is 11.2 Å². The highest BCUT2D eigenvalue weighted by molar-refractivity contribution is 5.91. The second-order valence-corrected chi connectivity index (χ2v) is 7.01. The molecule has 0 unspecified atom stereocenters. The minimum absolute atomic E-state index is 0.0580. The van der Waals surface area contributed by atoms with E-state index in [1.807, 2.05) is 13.8 Å². The van der Waals surface area contributed by atoms with E-state index in [4.69, 9.17) is 0 Å². The summed E-state index contributed by atoms with van der Waals surface area (Å²) in [4.78, 5) is 22.9. The van der Waals surface area contributed by atoms with E-state index < -0.39 is 0 Å². The molecule has 2 amide bonds. The molecule has 3 aliphatic rings. The molecule has 3 aliphatic carbocycles. The Balaban J connectivity index is 0.000000250. The van der Waals surface area contributed by atoms with Crippen molar-refractivity contribution in [3.05, 3.63) is 36.0 Å². The molecule has 0 aromatic carbocycles. The van der Waals surface area contributed by atoms with Crippen LogP contribution in [-0.4, -0.2) is 22.0 Å². The zero-order chi connectivity index (χ0) is 18.0. The van der Waals surface area contributed by atoms with Crippen molar-refractivity contribution in [3.63, 3.8) is 0 Å². The Labute approximate surface area is 147 Å². The molecule has 0 bridgehead atoms. The molecule has 0 saturated heterocycles. The van der Waals surface area contributed by atoms with Crippen molar-refractivity contribution in [2.45, 2.75) is 45.6 Å². The zero-order valence-electron chi connectivity index (χ0n) is 14.8. The number of nitrogens with zero attached hydrogens (tertiary/aromatic N) is 1. The summed E-state index contributed by atoms with van der Waals surface area (Å²) >= 11 is 0. The largest absolute Gasteiger partial charge is 0.345 e. The van der Waals surface area contributed by atoms with Crippen LogP contribution in [0.2, 0.25) is 0 Å². The molecule has 0 spiro atoms. The highest BCUT2D eigenvalue weighted by atomic mass is 16.2. The number of rotatable bonds is 4. The Kier molecular flexibility index (Phi) is 4.61. The van der Waals surface area contributed by atoms with E-state index >= 15 is 0 Å². The van der Waals surface area contributed by atoms with E-state index in [1.54, 1.807) is 6.07 Å². The summed E-state index contributed by atoms with van der Waals surface area (Å²) in [6.45, 7) is 5.17. The van der Waals surface area contributed by atoms with Crippen molar-refractivity contribution in [1.82, 2.24) is 15.5 Å². The maximum absolute atomic E-state index is 11.6. The first-order valence-corrected chi connectivity index (χ1v) is 8.65. The maximum Gasteiger partial charge on any atom is 0.228 e. The fourth-order valence-corrected chi connectivity index (χ4v) is 2.90. The minimum atomic E-state index is -0.358. The molecular weight excluding hydrogens is 316 g/mol. The summed E-state index contributed by atoms with van der Waals surface area (Å²) in [5, 5.41) is 12.8. The van der Waals surface area contributed by atoms with Crippen molar-refractivity contribution in [2.75, 3.05) is 5.32 Å². The Bertz CT molecular complexity index is 773. The normalized spacial score (nSPS) is 15.5. The lowest BCUT2D eigenvalue weighted by atomic mass is 9.74. The van der Waals surface area contributed by atoms with E-state index in [9.17, 15) is 9.59 Å². The van der Waals surface area contributed by atoms with Gasteiger partial charge in [-0.3, -0.25) is 14.7 Å². The van der Waals surface area contributed by atoms with Crippen LogP contribution < -0.4 is 10.6 Å². The average Bonchev–Trinajstić information content (AvgIpc) is 2.92. The number of carbonyl (C=O) groups is 2. The van der Waals surface area contributed by atoms with Crippen LogP contribution >= 0.6 is 0 Å². The molecule has 3 N–H and O–H groups in total. The van der Waals surface area contributed by atoms with Crippen molar-refractivity contribution >= 4 is 17.6 Å². The standard InChI is InChI=1S/C13H20N4O2.C6H4/c1-8(2)12(19)14-11-7-10(16-17-11)13(5-4-6-13)15-9(3)18;1-2-5-4-6(5)3-1/h7-8H,4-6H2,1-3H3,(H,15,18)(H2,14,16,17,19);1-4H. The molecule has 4 rings (SSSR count). The number of aromatic amines is 1. The maximum atomic E-state index is 11.6. The number of benzene rings is 1. The fourth-order valence-electron chi connectivity index (χ4n) is 2.90. The molecule has 1 fully saturated rings. The van der Waals surface area contributed by atoms with Crippen LogP contribution in [0.4, 0.5) is 5.82 Å². The van der Waals surface area contributed by atoms with Crippen molar-refractivity contribution < 1.29 is 9.59 Å². The molecule has 6 nitrogen and oxygen atoms in total. The summed E-state index contributed by atoms with van der Waals surface area (Å²) in [5.41, 5.74) is 3.28. The van der Waals surface area contributed by atoms with E-state index in [0.29, 0.717) is 5.82 Å². The molecule has 1 heterocycles. The Morgan fingerprint density at radius 1 is 1.20 bits per heavy atom. The molecule has 25 heavy (non-hydrogen) atoms. The van der Waals surface area contributed by atoms with E-state index in [-0.39, 0.29) is 23.3 Å². The van der Waals surface area contributed by atoms with Gasteiger partial charge in [-0.2, -0.15) is 5.10 Å². The van der Waals surface area contributed by atoms with Crippen LogP contribution in [0.1, 0.15) is 45.7 Å². The van der Waals surface area contributed by atoms with E-state index in [0.717, 1.165) is 25.0 Å². The monoisotopic (exact) mass is 340 g/mol. The minimum Gasteiger partial charge on any atom is -0.345 e. The first-order chi connectivity index (χ1) is 11.9. The summed E-state index contributed by atoms with van der Waals surface area (Å²) < 4.78 is 0. The topological polar surface area (TPSA) is 86.9 Å². The van der Waals surface area contributed by atoms with Crippen LogP contribution in [0.3, 0.4) is 0 Å². The Hall–Kier alpha value is -2.63. The lowest BCUT2D eigenvalue weighted by Crippen LogP contribution is -2.50. The van der Waals surface area contributed by atoms with Gasteiger partial charge in [-0.15, -0.1) is 0 Å². The SMILES string of the molecule is CC(=O)NC1(c2cc(NC(=O)C(C)C)[nH]n2)CCC1.c1cc2cc-2c1. The van der Waals surface area contributed by atoms with Gasteiger partial charge < -0.3 is 10.6 Å². The second-order valence-electron chi connectivity index (χ2n) is 7.01. The van der Waals surface area contributed by atoms with Gasteiger partial charge in [0.2, 0.25) is 11.8 Å². The van der Waals surface area contributed by atoms with Crippen LogP contribution in [0.5, 0.6) is 0 Å². The molecule has 0 atom stereocenters. The quantitative estimate of drug-likeness (QED) is 0.682. The number of carbonyl (C=O) groups excluding carboxylic acids is 2. The van der Waals surface area contributed by atoms with Crippen LogP contribution in [0.15, 0.2) is 30.3 Å². The number of amides is 2. The smallest absolute Gasteiger partial charge is 0.228 e. The first kappa shape index (κ1) is 17.2. The number of hydrogen-bond acceptors (Lipinski definition) is 3. The number of fused-ring (bicyclic) bond motifs is 1. The van der Waals surface area contributed by atoms with Gasteiger partial charge in [0.1, 0.15) is 5.82 Å².